The van der Waals surface area contributed by atoms with Gasteiger partial charge < -0.3 is 59.5 Å². The lowest BCUT2D eigenvalue weighted by Gasteiger charge is -2.28. The second kappa shape index (κ2) is 31.6. The van der Waals surface area contributed by atoms with Crippen LogP contribution in [-0.2, 0) is 57.6 Å². The molecule has 4 aromatic rings. The molecule has 4 amide bonds. The van der Waals surface area contributed by atoms with Crippen LogP contribution in [-0.4, -0.2) is 171 Å². The van der Waals surface area contributed by atoms with E-state index in [1.165, 1.54) is 24.3 Å². The van der Waals surface area contributed by atoms with E-state index in [1.54, 1.807) is 50.2 Å². The number of nitrogens with zero attached hydrogens (tertiary/aromatic N) is 2. The number of aryl methyl sites for hydroxylation is 1. The molecule has 2 aliphatic carbocycles. The number of halogens is 4. The van der Waals surface area contributed by atoms with Gasteiger partial charge in [-0.15, -0.1) is 0 Å². The molecule has 0 fully saturated rings. The lowest BCUT2D eigenvalue weighted by Crippen LogP contribution is -2.39. The van der Waals surface area contributed by atoms with Gasteiger partial charge in [-0.2, -0.15) is 0 Å². The zero-order valence-electron chi connectivity index (χ0n) is 46.6. The Kier molecular flexibility index (Phi) is 25.5. The number of carbonyl (C=O) groups is 2. The van der Waals surface area contributed by atoms with Crippen LogP contribution in [0.25, 0.3) is 0 Å². The summed E-state index contributed by atoms with van der Waals surface area (Å²) in [6.45, 7) is 6.66. The minimum absolute atomic E-state index is 0.0353. The maximum atomic E-state index is 14.8. The summed E-state index contributed by atoms with van der Waals surface area (Å²) in [5.41, 5.74) is 4.30. The Bertz CT molecular complexity index is 2970. The summed E-state index contributed by atoms with van der Waals surface area (Å²) < 4.78 is 121. The van der Waals surface area contributed by atoms with Gasteiger partial charge >= 0.3 is 12.1 Å². The van der Waals surface area contributed by atoms with Crippen LogP contribution < -0.4 is 40.2 Å². The lowest BCUT2D eigenvalue weighted by molar-refractivity contribution is 0.0516. The molecular formula is C55H76Cl2F2N8O12S2. The van der Waals surface area contributed by atoms with E-state index >= 15 is 0 Å². The van der Waals surface area contributed by atoms with E-state index in [0.717, 1.165) is 0 Å². The van der Waals surface area contributed by atoms with Gasteiger partial charge in [-0.3, -0.25) is 0 Å². The average molecular weight is 1210 g/mol. The molecule has 0 heterocycles. The van der Waals surface area contributed by atoms with Crippen molar-refractivity contribution in [2.45, 2.75) is 74.5 Å². The third kappa shape index (κ3) is 19.8. The number of urea groups is 2. The number of carbonyl (C=O) groups excluding carboxylic acids is 2. The first-order valence-electron chi connectivity index (χ1n) is 26.8. The molecule has 20 nitrogen and oxygen atoms in total. The van der Waals surface area contributed by atoms with Gasteiger partial charge in [0.2, 0.25) is 20.0 Å². The van der Waals surface area contributed by atoms with Crippen LogP contribution >= 0.6 is 23.2 Å². The smallest absolute Gasteiger partial charge is 0.314 e. The maximum Gasteiger partial charge on any atom is 0.314 e. The molecule has 6 rings (SSSR count). The molecule has 0 saturated carbocycles. The van der Waals surface area contributed by atoms with E-state index in [-0.39, 0.29) is 136 Å². The van der Waals surface area contributed by atoms with Crippen molar-refractivity contribution < 1.29 is 63.6 Å². The number of fused-ring (bicyclic) bond motifs is 2. The number of ether oxygens (including phenoxy) is 6. The average Bonchev–Trinajstić information content (AvgIpc) is 4.21. The van der Waals surface area contributed by atoms with Crippen molar-refractivity contribution in [3.05, 3.63) is 121 Å². The number of amides is 4. The Morgan fingerprint density at radius 1 is 0.580 bits per heavy atom. The number of nitrogens with one attached hydrogen (secondary N) is 6. The summed E-state index contributed by atoms with van der Waals surface area (Å²) >= 11 is 12.4. The monoisotopic (exact) mass is 1210 g/mol. The summed E-state index contributed by atoms with van der Waals surface area (Å²) in [6.07, 6.45) is 1.18. The van der Waals surface area contributed by atoms with Crippen LogP contribution in [0.15, 0.2) is 65.6 Å². The highest BCUT2D eigenvalue weighted by atomic mass is 35.5. The van der Waals surface area contributed by atoms with Crippen molar-refractivity contribution in [3.63, 3.8) is 0 Å². The van der Waals surface area contributed by atoms with E-state index < -0.39 is 32.3 Å². The Balaban J connectivity index is 0.709. The lowest BCUT2D eigenvalue weighted by atomic mass is 10.1. The standard InChI is InChI=1S/C55H76Cl2F2N8O12S2/c1-36-28-41(12-13-50(36)78-52-44-29-39(56)31-46(58)42(44)33-48(52)66(3)4)81(72,73)65-19-23-77-27-25-75-21-17-63-55(69)61-15-8-7-14-60-54(68)62-16-20-74-24-26-76-22-18-64-80(70,71)35-38-10-9-11-51(37(38)2)79-53-45-30-40(57)32-47(59)43(45)34-49(53)67(5)6/h9-13,28-32,48-49,52-53,64-65H,7-8,14-27,33-35H2,1-6H3,(H2,60,62,68)(H2,61,63,69)/t48-,49-,52-,53-/m0/s1. The number of sulfonamides is 2. The molecule has 0 aliphatic heterocycles. The van der Waals surface area contributed by atoms with Gasteiger partial charge in [0, 0.05) is 60.4 Å². The van der Waals surface area contributed by atoms with E-state index in [9.17, 15) is 35.2 Å². The summed E-state index contributed by atoms with van der Waals surface area (Å²) in [5.74, 6) is -0.0366. The quantitative estimate of drug-likeness (QED) is 0.0297. The molecular weight excluding hydrogens is 1140 g/mol. The van der Waals surface area contributed by atoms with Crippen molar-refractivity contribution in [2.24, 2.45) is 0 Å². The fourth-order valence-corrected chi connectivity index (χ4v) is 12.1. The van der Waals surface area contributed by atoms with Gasteiger partial charge in [0.1, 0.15) is 35.3 Å². The second-order valence-electron chi connectivity index (χ2n) is 20.0. The fraction of sp³-hybridized carbons (Fsp3) is 0.527. The Labute approximate surface area is 484 Å². The number of benzene rings is 4. The number of hydrogen-bond acceptors (Lipinski definition) is 14. The van der Waals surface area contributed by atoms with Crippen molar-refractivity contribution >= 4 is 55.3 Å². The topological polar surface area (TPSA) is 236 Å². The number of unbranched alkanes of at least 4 members (excludes halogenated alkanes) is 1. The SMILES string of the molecule is Cc1cc(S(=O)(=O)NCCOCCOCCNC(=O)NCCCCNC(=O)NCCOCCOCCNS(=O)(=O)Cc2cccc(O[C@H]3c4cc(Cl)cc(F)c4C[C@@H]3N(C)C)c2C)ccc1O[C@H]1c2cc(Cl)cc(F)c2C[C@@H]1N(C)C. The highest BCUT2D eigenvalue weighted by Crippen LogP contribution is 2.42. The number of hydrogen-bond donors (Lipinski definition) is 6. The van der Waals surface area contributed by atoms with Crippen LogP contribution in [0.3, 0.4) is 0 Å². The maximum absolute atomic E-state index is 14.8. The van der Waals surface area contributed by atoms with Gasteiger partial charge in [-0.25, -0.2) is 44.6 Å². The largest absolute Gasteiger partial charge is 0.484 e. The first-order chi connectivity index (χ1) is 38.6. The van der Waals surface area contributed by atoms with Crippen LogP contribution in [0.5, 0.6) is 11.5 Å². The van der Waals surface area contributed by atoms with Gasteiger partial charge in [0.25, 0.3) is 0 Å². The predicted molar refractivity (Wildman–Crippen MR) is 305 cm³/mol. The van der Waals surface area contributed by atoms with E-state index in [4.69, 9.17) is 51.6 Å². The Morgan fingerprint density at radius 2 is 1.04 bits per heavy atom. The first-order valence-corrected chi connectivity index (χ1v) is 30.7. The van der Waals surface area contributed by atoms with Crippen molar-refractivity contribution in [1.82, 2.24) is 40.5 Å². The molecule has 0 radical (unpaired) electrons. The summed E-state index contributed by atoms with van der Waals surface area (Å²) in [5, 5.41) is 11.5. The van der Waals surface area contributed by atoms with Gasteiger partial charge in [0.15, 0.2) is 0 Å². The molecule has 6 N–H and O–H groups in total. The first kappa shape index (κ1) is 65.2. The minimum Gasteiger partial charge on any atom is -0.484 e. The van der Waals surface area contributed by atoms with Gasteiger partial charge in [-0.1, -0.05) is 35.3 Å². The zero-order chi connectivity index (χ0) is 58.7. The number of rotatable bonds is 34. The molecule has 4 aromatic carbocycles. The summed E-state index contributed by atoms with van der Waals surface area (Å²) in [4.78, 5) is 28.3. The molecule has 4 atom stereocenters. The molecule has 81 heavy (non-hydrogen) atoms. The van der Waals surface area contributed by atoms with Crippen LogP contribution in [0.2, 0.25) is 10.0 Å². The summed E-state index contributed by atoms with van der Waals surface area (Å²) in [7, 11) is 0.0329. The van der Waals surface area contributed by atoms with Gasteiger partial charge in [-0.05, 0) is 144 Å². The van der Waals surface area contributed by atoms with E-state index in [2.05, 4.69) is 30.7 Å². The summed E-state index contributed by atoms with van der Waals surface area (Å²) in [6, 6.07) is 14.9. The molecule has 0 unspecified atom stereocenters. The van der Waals surface area contributed by atoms with Gasteiger partial charge in [0.05, 0.1) is 75.6 Å². The third-order valence-electron chi connectivity index (χ3n) is 13.7. The minimum atomic E-state index is -3.85. The van der Waals surface area contributed by atoms with Crippen LogP contribution in [0.4, 0.5) is 18.4 Å². The molecule has 0 saturated heterocycles. The molecule has 448 valence electrons. The number of likely N-dealkylation sites (N-methyl/N-ethyl adjacent to an activating group) is 2. The normalized spacial score (nSPS) is 16.8. The Hall–Kier alpha value is -4.96. The predicted octanol–water partition coefficient (Wildman–Crippen LogP) is 5.94. The highest BCUT2D eigenvalue weighted by molar-refractivity contribution is 7.89. The zero-order valence-corrected chi connectivity index (χ0v) is 49.8. The van der Waals surface area contributed by atoms with Crippen LogP contribution in [0.1, 0.15) is 64.0 Å². The Morgan fingerprint density at radius 3 is 1.52 bits per heavy atom. The molecule has 0 aromatic heterocycles. The van der Waals surface area contributed by atoms with Crippen molar-refractivity contribution in [3.8, 4) is 11.5 Å². The molecule has 0 spiro atoms. The van der Waals surface area contributed by atoms with E-state index in [1.807, 2.05) is 38.0 Å². The molecule has 26 heteroatoms. The van der Waals surface area contributed by atoms with E-state index in [0.29, 0.717) is 89.2 Å². The van der Waals surface area contributed by atoms with Crippen molar-refractivity contribution in [1.29, 1.82) is 0 Å². The van der Waals surface area contributed by atoms with Crippen molar-refractivity contribution in [2.75, 3.05) is 120 Å². The third-order valence-corrected chi connectivity index (χ3v) is 16.9. The fourth-order valence-electron chi connectivity index (χ4n) is 9.31. The second-order valence-corrected chi connectivity index (χ2v) is 24.4. The highest BCUT2D eigenvalue weighted by Gasteiger charge is 2.40. The molecule has 2 aliphatic rings. The molecule has 0 bridgehead atoms. The van der Waals surface area contributed by atoms with Crippen LogP contribution in [0, 0.1) is 25.5 Å².